The molecule has 116 valence electrons. The van der Waals surface area contributed by atoms with Crippen LogP contribution in [-0.2, 0) is 4.79 Å². The van der Waals surface area contributed by atoms with E-state index < -0.39 is 12.0 Å². The zero-order valence-electron chi connectivity index (χ0n) is 13.0. The molecule has 2 amide bonds. The van der Waals surface area contributed by atoms with Crippen LogP contribution in [0.3, 0.4) is 0 Å². The van der Waals surface area contributed by atoms with E-state index in [4.69, 9.17) is 5.11 Å². The summed E-state index contributed by atoms with van der Waals surface area (Å²) in [6.45, 7) is 11.3. The molecule has 0 unspecified atom stereocenters. The second-order valence-corrected chi connectivity index (χ2v) is 6.27. The molecule has 0 aromatic rings. The second kappa shape index (κ2) is 6.92. The number of aliphatic carboxylic acids is 1. The Labute approximate surface area is 121 Å². The Balaban J connectivity index is 2.48. The number of carboxylic acid groups (broad SMARTS) is 1. The average molecular weight is 285 g/mol. The third kappa shape index (κ3) is 4.67. The van der Waals surface area contributed by atoms with Crippen LogP contribution in [-0.4, -0.2) is 64.7 Å². The fourth-order valence-electron chi connectivity index (χ4n) is 2.37. The highest BCUT2D eigenvalue weighted by atomic mass is 16.4. The van der Waals surface area contributed by atoms with Crippen molar-refractivity contribution in [2.75, 3.05) is 26.2 Å². The third-order valence-corrected chi connectivity index (χ3v) is 3.69. The van der Waals surface area contributed by atoms with E-state index >= 15 is 0 Å². The van der Waals surface area contributed by atoms with Crippen molar-refractivity contribution in [1.82, 2.24) is 15.1 Å². The number of amides is 2. The Kier molecular flexibility index (Phi) is 5.80. The van der Waals surface area contributed by atoms with Gasteiger partial charge < -0.3 is 15.3 Å². The summed E-state index contributed by atoms with van der Waals surface area (Å²) in [7, 11) is 0. The Morgan fingerprint density at radius 1 is 1.20 bits per heavy atom. The van der Waals surface area contributed by atoms with Gasteiger partial charge in [0.15, 0.2) is 0 Å². The number of hydrogen-bond acceptors (Lipinski definition) is 3. The van der Waals surface area contributed by atoms with Gasteiger partial charge in [-0.1, -0.05) is 13.3 Å². The van der Waals surface area contributed by atoms with E-state index in [-0.39, 0.29) is 11.6 Å². The van der Waals surface area contributed by atoms with Gasteiger partial charge in [-0.25, -0.2) is 9.59 Å². The zero-order valence-corrected chi connectivity index (χ0v) is 13.0. The molecule has 1 aliphatic rings. The maximum absolute atomic E-state index is 12.1. The van der Waals surface area contributed by atoms with E-state index in [9.17, 15) is 9.59 Å². The van der Waals surface area contributed by atoms with Crippen LogP contribution < -0.4 is 5.32 Å². The number of urea groups is 1. The summed E-state index contributed by atoms with van der Waals surface area (Å²) in [6, 6.07) is -1.05. The highest BCUT2D eigenvalue weighted by molar-refractivity contribution is 5.82. The minimum absolute atomic E-state index is 0.106. The molecule has 20 heavy (non-hydrogen) atoms. The summed E-state index contributed by atoms with van der Waals surface area (Å²) in [4.78, 5) is 27.2. The molecule has 1 atom stereocenters. The summed E-state index contributed by atoms with van der Waals surface area (Å²) < 4.78 is 0. The number of nitrogens with one attached hydrogen (secondary N) is 1. The Morgan fingerprint density at radius 3 is 2.15 bits per heavy atom. The molecule has 1 fully saturated rings. The lowest BCUT2D eigenvalue weighted by Gasteiger charge is -2.42. The van der Waals surface area contributed by atoms with E-state index in [1.807, 2.05) is 6.92 Å². The van der Waals surface area contributed by atoms with Crippen LogP contribution in [0.5, 0.6) is 0 Å². The monoisotopic (exact) mass is 285 g/mol. The van der Waals surface area contributed by atoms with Crippen LogP contribution in [0.1, 0.15) is 40.5 Å². The van der Waals surface area contributed by atoms with Crippen molar-refractivity contribution in [3.8, 4) is 0 Å². The molecule has 1 heterocycles. The molecule has 0 aromatic carbocycles. The molecular weight excluding hydrogens is 258 g/mol. The van der Waals surface area contributed by atoms with Crippen LogP contribution in [0.15, 0.2) is 0 Å². The lowest BCUT2D eigenvalue weighted by molar-refractivity contribution is -0.139. The first-order valence-electron chi connectivity index (χ1n) is 7.29. The van der Waals surface area contributed by atoms with E-state index in [0.717, 1.165) is 19.5 Å². The third-order valence-electron chi connectivity index (χ3n) is 3.69. The van der Waals surface area contributed by atoms with Gasteiger partial charge in [0.05, 0.1) is 0 Å². The largest absolute Gasteiger partial charge is 0.480 e. The summed E-state index contributed by atoms with van der Waals surface area (Å²) in [6.07, 6.45) is 1.19. The minimum atomic E-state index is -0.964. The van der Waals surface area contributed by atoms with Crippen LogP contribution in [0.25, 0.3) is 0 Å². The van der Waals surface area contributed by atoms with Gasteiger partial charge in [-0.15, -0.1) is 0 Å². The number of carboxylic acids is 1. The van der Waals surface area contributed by atoms with E-state index in [0.29, 0.717) is 19.5 Å². The molecular formula is C14H27N3O3. The molecule has 0 saturated carbocycles. The van der Waals surface area contributed by atoms with Gasteiger partial charge in [-0.3, -0.25) is 4.90 Å². The lowest BCUT2D eigenvalue weighted by atomic mass is 10.1. The molecule has 0 bridgehead atoms. The predicted octanol–water partition coefficient (Wildman–Crippen LogP) is 1.37. The van der Waals surface area contributed by atoms with Crippen LogP contribution in [0.2, 0.25) is 0 Å². The van der Waals surface area contributed by atoms with Gasteiger partial charge in [-0.2, -0.15) is 0 Å². The number of nitrogens with zero attached hydrogens (tertiary/aromatic N) is 2. The van der Waals surface area contributed by atoms with Crippen molar-refractivity contribution in [3.63, 3.8) is 0 Å². The van der Waals surface area contributed by atoms with Gasteiger partial charge in [0.2, 0.25) is 0 Å². The first-order valence-corrected chi connectivity index (χ1v) is 7.29. The molecule has 0 aliphatic carbocycles. The smallest absolute Gasteiger partial charge is 0.326 e. The van der Waals surface area contributed by atoms with E-state index in [1.54, 1.807) is 4.90 Å². The highest BCUT2D eigenvalue weighted by Gasteiger charge is 2.29. The first-order chi connectivity index (χ1) is 9.25. The van der Waals surface area contributed by atoms with Crippen molar-refractivity contribution in [3.05, 3.63) is 0 Å². The molecule has 0 aromatic heterocycles. The number of rotatable bonds is 4. The van der Waals surface area contributed by atoms with Gasteiger partial charge in [0.1, 0.15) is 6.04 Å². The number of carbonyl (C=O) groups is 2. The summed E-state index contributed by atoms with van der Waals surface area (Å²) in [5.74, 6) is -0.964. The number of hydrogen-bond donors (Lipinski definition) is 2. The van der Waals surface area contributed by atoms with Crippen molar-refractivity contribution < 1.29 is 14.7 Å². The molecule has 2 N–H and O–H groups in total. The molecule has 0 spiro atoms. The molecule has 6 heteroatoms. The van der Waals surface area contributed by atoms with Gasteiger partial charge in [0.25, 0.3) is 0 Å². The summed E-state index contributed by atoms with van der Waals surface area (Å²) in [5, 5.41) is 11.7. The van der Waals surface area contributed by atoms with Crippen LogP contribution in [0, 0.1) is 0 Å². The molecule has 1 saturated heterocycles. The maximum Gasteiger partial charge on any atom is 0.326 e. The first kappa shape index (κ1) is 16.8. The fraction of sp³-hybridized carbons (Fsp3) is 0.857. The normalized spacial score (nSPS) is 18.7. The van der Waals surface area contributed by atoms with Crippen molar-refractivity contribution in [2.24, 2.45) is 0 Å². The molecule has 6 nitrogen and oxygen atoms in total. The highest BCUT2D eigenvalue weighted by Crippen LogP contribution is 2.15. The van der Waals surface area contributed by atoms with E-state index in [1.165, 1.54) is 0 Å². The predicted molar refractivity (Wildman–Crippen MR) is 77.8 cm³/mol. The minimum Gasteiger partial charge on any atom is -0.480 e. The number of piperazine rings is 1. The van der Waals surface area contributed by atoms with Gasteiger partial charge >= 0.3 is 12.0 Å². The van der Waals surface area contributed by atoms with Crippen molar-refractivity contribution in [2.45, 2.75) is 52.1 Å². The summed E-state index contributed by atoms with van der Waals surface area (Å²) in [5.41, 5.74) is 0.106. The summed E-state index contributed by atoms with van der Waals surface area (Å²) >= 11 is 0. The Morgan fingerprint density at radius 2 is 1.75 bits per heavy atom. The lowest BCUT2D eigenvalue weighted by Crippen LogP contribution is -2.57. The Hall–Kier alpha value is -1.30. The standard InChI is InChI=1S/C14H27N3O3/c1-5-6-11(12(18)19)15-13(20)16-7-9-17(10-8-16)14(2,3)4/h11H,5-10H2,1-4H3,(H,15,20)(H,18,19)/t11-/m0/s1. The van der Waals surface area contributed by atoms with Crippen molar-refractivity contribution >= 4 is 12.0 Å². The topological polar surface area (TPSA) is 72.9 Å². The Bertz CT molecular complexity index is 344. The quantitative estimate of drug-likeness (QED) is 0.818. The van der Waals surface area contributed by atoms with Gasteiger partial charge in [-0.05, 0) is 27.2 Å². The number of carbonyl (C=O) groups excluding carboxylic acids is 1. The zero-order chi connectivity index (χ0) is 15.3. The fourth-order valence-corrected chi connectivity index (χ4v) is 2.37. The van der Waals surface area contributed by atoms with Gasteiger partial charge in [0, 0.05) is 31.7 Å². The van der Waals surface area contributed by atoms with E-state index in [2.05, 4.69) is 31.0 Å². The molecule has 1 rings (SSSR count). The van der Waals surface area contributed by atoms with Crippen molar-refractivity contribution in [1.29, 1.82) is 0 Å². The van der Waals surface area contributed by atoms with Crippen LogP contribution in [0.4, 0.5) is 4.79 Å². The average Bonchev–Trinajstić information content (AvgIpc) is 2.37. The van der Waals surface area contributed by atoms with Crippen LogP contribution >= 0.6 is 0 Å². The maximum atomic E-state index is 12.1. The SMILES string of the molecule is CCC[C@H](NC(=O)N1CCN(C(C)(C)C)CC1)C(=O)O. The molecule has 0 radical (unpaired) electrons. The second-order valence-electron chi connectivity index (χ2n) is 6.27. The molecule has 1 aliphatic heterocycles.